The molecule has 0 unspecified atom stereocenters. The lowest BCUT2D eigenvalue weighted by Gasteiger charge is -2.27. The Bertz CT molecular complexity index is 827. The first-order valence-corrected chi connectivity index (χ1v) is 12.1. The highest BCUT2D eigenvalue weighted by molar-refractivity contribution is 7.90. The molecule has 10 nitrogen and oxygen atoms in total. The van der Waals surface area contributed by atoms with E-state index in [9.17, 15) is 16.8 Å². The predicted octanol–water partition coefficient (Wildman–Crippen LogP) is 1.42. The fraction of sp³-hybridized carbons (Fsp3) is 0.778. The summed E-state index contributed by atoms with van der Waals surface area (Å²) in [6.07, 6.45) is 0. The van der Waals surface area contributed by atoms with Gasteiger partial charge in [-0.15, -0.1) is 0 Å². The van der Waals surface area contributed by atoms with Crippen molar-refractivity contribution in [3.8, 4) is 24.3 Å². The Hall–Kier alpha value is -2.22. The van der Waals surface area contributed by atoms with Gasteiger partial charge in [-0.1, -0.05) is 27.7 Å². The largest absolute Gasteiger partial charge is 0.247 e. The van der Waals surface area contributed by atoms with Crippen LogP contribution in [0, 0.1) is 57.2 Å². The number of hydrogen-bond acceptors (Lipinski definition) is 8. The molecule has 12 heteroatoms. The van der Waals surface area contributed by atoms with Gasteiger partial charge < -0.3 is 0 Å². The smallest absolute Gasteiger partial charge is 0.210 e. The Balaban J connectivity index is 0. The van der Waals surface area contributed by atoms with E-state index in [1.807, 2.05) is 27.7 Å². The molecular weight excluding hydrogens is 428 g/mol. The predicted molar refractivity (Wildman–Crippen MR) is 112 cm³/mol. The van der Waals surface area contributed by atoms with Crippen molar-refractivity contribution in [1.29, 1.82) is 21.0 Å². The summed E-state index contributed by atoms with van der Waals surface area (Å²) in [6.45, 7) is 11.0. The van der Waals surface area contributed by atoms with Crippen LogP contribution in [0.15, 0.2) is 0 Å². The second kappa shape index (κ2) is 12.5. The Labute approximate surface area is 181 Å². The van der Waals surface area contributed by atoms with Crippen LogP contribution in [-0.2, 0) is 20.0 Å². The van der Waals surface area contributed by atoms with Crippen LogP contribution < -0.4 is 0 Å². The van der Waals surface area contributed by atoms with Crippen molar-refractivity contribution in [3.05, 3.63) is 0 Å². The van der Waals surface area contributed by atoms with Crippen LogP contribution in [0.2, 0.25) is 0 Å². The molecule has 0 saturated heterocycles. The van der Waals surface area contributed by atoms with Gasteiger partial charge >= 0.3 is 0 Å². The Morgan fingerprint density at radius 2 is 0.767 bits per heavy atom. The van der Waals surface area contributed by atoms with Crippen molar-refractivity contribution >= 4 is 20.0 Å². The fourth-order valence-corrected chi connectivity index (χ4v) is 4.57. The normalized spacial score (nSPS) is 13.9. The minimum Gasteiger partial charge on any atom is -0.210 e. The third kappa shape index (κ3) is 7.55. The first-order valence-electron chi connectivity index (χ1n) is 9.09. The summed E-state index contributed by atoms with van der Waals surface area (Å²) in [6, 6.07) is 5.43. The van der Waals surface area contributed by atoms with Crippen LogP contribution in [0.1, 0.15) is 41.5 Å². The van der Waals surface area contributed by atoms with Crippen molar-refractivity contribution in [2.24, 2.45) is 11.8 Å². The molecule has 0 bridgehead atoms. The topological polar surface area (TPSA) is 170 Å². The average molecular weight is 459 g/mol. The van der Waals surface area contributed by atoms with Gasteiger partial charge in [0.15, 0.2) is 0 Å². The molecule has 0 aromatic rings. The van der Waals surface area contributed by atoms with Crippen LogP contribution >= 0.6 is 0 Å². The van der Waals surface area contributed by atoms with Crippen LogP contribution in [0.5, 0.6) is 0 Å². The molecule has 0 heterocycles. The maximum Gasteiger partial charge on any atom is 0.247 e. The molecule has 2 atom stereocenters. The zero-order chi connectivity index (χ0) is 24.4. The van der Waals surface area contributed by atoms with Crippen LogP contribution in [-0.4, -0.2) is 62.1 Å². The molecule has 0 saturated carbocycles. The summed E-state index contributed by atoms with van der Waals surface area (Å²) >= 11 is 0. The van der Waals surface area contributed by atoms with E-state index in [1.165, 1.54) is 38.4 Å². The van der Waals surface area contributed by atoms with E-state index in [0.717, 1.165) is 8.61 Å². The highest BCUT2D eigenvalue weighted by atomic mass is 32.2. The van der Waals surface area contributed by atoms with Gasteiger partial charge in [0, 0.05) is 26.2 Å². The summed E-state index contributed by atoms with van der Waals surface area (Å²) in [5.74, 6) is 0.255. The summed E-state index contributed by atoms with van der Waals surface area (Å²) in [7, 11) is -4.89. The van der Waals surface area contributed by atoms with Gasteiger partial charge in [-0.05, 0) is 25.7 Å². The first-order chi connectivity index (χ1) is 13.6. The van der Waals surface area contributed by atoms with E-state index in [1.54, 1.807) is 13.8 Å². The molecule has 0 aliphatic rings. The lowest BCUT2D eigenvalue weighted by Crippen LogP contribution is -2.42. The van der Waals surface area contributed by atoms with Gasteiger partial charge in [-0.2, -0.15) is 29.7 Å². The minimum absolute atomic E-state index is 0.128. The molecule has 168 valence electrons. The van der Waals surface area contributed by atoms with E-state index in [4.69, 9.17) is 21.0 Å². The molecule has 0 aromatic carbocycles. The molecule has 0 amide bonds. The van der Waals surface area contributed by atoms with Crippen molar-refractivity contribution < 1.29 is 16.8 Å². The quantitative estimate of drug-likeness (QED) is 0.525. The number of nitriles is 4. The van der Waals surface area contributed by atoms with E-state index in [-0.39, 0.29) is 23.9 Å². The minimum atomic E-state index is -3.83. The van der Waals surface area contributed by atoms with E-state index in [2.05, 4.69) is 0 Å². The fourth-order valence-electron chi connectivity index (χ4n) is 1.96. The molecule has 0 spiro atoms. The summed E-state index contributed by atoms with van der Waals surface area (Å²) in [5.41, 5.74) is 0. The van der Waals surface area contributed by atoms with Crippen molar-refractivity contribution in [1.82, 2.24) is 8.61 Å². The molecule has 0 aliphatic carbocycles. The van der Waals surface area contributed by atoms with E-state index < -0.39 is 30.5 Å². The van der Waals surface area contributed by atoms with E-state index >= 15 is 0 Å². The molecule has 0 rings (SSSR count). The van der Waals surface area contributed by atoms with Crippen molar-refractivity contribution in [2.75, 3.05) is 14.1 Å². The standard InChI is InChI=1S/2C9H15N3O2S/c2*1-7(2)8(3)12(4)15(13,14)9(5-10)6-11/h2*7-9H,1-4H3/t2*8-/m10/s1. The van der Waals surface area contributed by atoms with Gasteiger partial charge in [-0.25, -0.2) is 16.8 Å². The van der Waals surface area contributed by atoms with Crippen LogP contribution in [0.25, 0.3) is 0 Å². The van der Waals surface area contributed by atoms with Gasteiger partial charge in [0.25, 0.3) is 0 Å². The molecule has 0 N–H and O–H groups in total. The summed E-state index contributed by atoms with van der Waals surface area (Å²) in [5, 5.41) is 31.0. The second-order valence-corrected chi connectivity index (χ2v) is 11.5. The highest BCUT2D eigenvalue weighted by Gasteiger charge is 2.34. The number of rotatable bonds is 8. The molecule has 30 heavy (non-hydrogen) atoms. The monoisotopic (exact) mass is 458 g/mol. The van der Waals surface area contributed by atoms with Gasteiger partial charge in [0.1, 0.15) is 0 Å². The Morgan fingerprint density at radius 1 is 0.567 bits per heavy atom. The summed E-state index contributed by atoms with van der Waals surface area (Å²) < 4.78 is 49.1. The zero-order valence-corrected chi connectivity index (χ0v) is 20.2. The van der Waals surface area contributed by atoms with Crippen LogP contribution in [0.4, 0.5) is 0 Å². The maximum atomic E-state index is 11.7. The lowest BCUT2D eigenvalue weighted by atomic mass is 10.1. The lowest BCUT2D eigenvalue weighted by molar-refractivity contribution is 0.315. The highest BCUT2D eigenvalue weighted by Crippen LogP contribution is 2.16. The van der Waals surface area contributed by atoms with Crippen molar-refractivity contribution in [2.45, 2.75) is 64.1 Å². The van der Waals surface area contributed by atoms with Gasteiger partial charge in [-0.3, -0.25) is 0 Å². The molecule has 0 aromatic heterocycles. The second-order valence-electron chi connectivity index (χ2n) is 7.37. The number of sulfonamides is 2. The molecular formula is C18H30N6O4S2. The Kier molecular flexibility index (Phi) is 12.5. The summed E-state index contributed by atoms with van der Waals surface area (Å²) in [4.78, 5) is 0. The maximum absolute atomic E-state index is 11.7. The first kappa shape index (κ1) is 30.0. The number of nitrogens with zero attached hydrogens (tertiary/aromatic N) is 6. The molecule has 0 aliphatic heterocycles. The third-order valence-corrected chi connectivity index (χ3v) is 8.83. The van der Waals surface area contributed by atoms with Crippen LogP contribution in [0.3, 0.4) is 0 Å². The van der Waals surface area contributed by atoms with Gasteiger partial charge in [0.2, 0.25) is 30.5 Å². The van der Waals surface area contributed by atoms with Crippen molar-refractivity contribution in [3.63, 3.8) is 0 Å². The number of hydrogen-bond donors (Lipinski definition) is 0. The molecule has 0 radical (unpaired) electrons. The van der Waals surface area contributed by atoms with E-state index in [0.29, 0.717) is 0 Å². The van der Waals surface area contributed by atoms with Gasteiger partial charge in [0.05, 0.1) is 24.3 Å². The zero-order valence-electron chi connectivity index (χ0n) is 18.6. The Morgan fingerprint density at radius 3 is 0.900 bits per heavy atom. The average Bonchev–Trinajstić information content (AvgIpc) is 2.67. The third-order valence-electron chi connectivity index (χ3n) is 4.94. The SMILES string of the molecule is CC(C)[C@@H](C)N(C)S(=O)(=O)C(C#N)C#N.CC(C)[C@H](C)N(C)S(=O)(=O)C(C#N)C#N. The molecule has 0 fully saturated rings.